The van der Waals surface area contributed by atoms with E-state index in [0.29, 0.717) is 25.9 Å². The predicted octanol–water partition coefficient (Wildman–Crippen LogP) is 1.63. The van der Waals surface area contributed by atoms with Crippen molar-refractivity contribution in [3.63, 3.8) is 0 Å². The molecule has 1 aliphatic heterocycles. The normalized spacial score (nSPS) is 22.9. The zero-order valence-corrected chi connectivity index (χ0v) is 8.21. The number of halogens is 2. The molecule has 1 saturated heterocycles. The van der Waals surface area contributed by atoms with E-state index in [2.05, 4.69) is 4.74 Å². The van der Waals surface area contributed by atoms with E-state index in [0.717, 1.165) is 6.42 Å². The summed E-state index contributed by atoms with van der Waals surface area (Å²) in [5.74, 6) is 0.00701. The number of carbonyl (C=O) groups is 1. The second-order valence-corrected chi connectivity index (χ2v) is 3.35. The monoisotopic (exact) mass is 207 g/mol. The van der Waals surface area contributed by atoms with Gasteiger partial charge in [-0.25, -0.2) is 0 Å². The van der Waals surface area contributed by atoms with E-state index in [1.807, 2.05) is 0 Å². The molecule has 0 radical (unpaired) electrons. The molecule has 14 heavy (non-hydrogen) atoms. The van der Waals surface area contributed by atoms with E-state index in [4.69, 9.17) is 0 Å². The fourth-order valence-corrected chi connectivity index (χ4v) is 1.64. The largest absolute Gasteiger partial charge is 0.345 e. The molecular formula is C9H15F2NO2. The van der Waals surface area contributed by atoms with Crippen LogP contribution in [-0.4, -0.2) is 36.6 Å². The summed E-state index contributed by atoms with van der Waals surface area (Å²) < 4.78 is 28.2. The maximum atomic E-state index is 11.9. The highest BCUT2D eigenvalue weighted by molar-refractivity contribution is 5.75. The van der Waals surface area contributed by atoms with Crippen molar-refractivity contribution in [2.45, 2.75) is 38.9 Å². The van der Waals surface area contributed by atoms with E-state index in [9.17, 15) is 13.6 Å². The van der Waals surface area contributed by atoms with Gasteiger partial charge in [-0.1, -0.05) is 6.92 Å². The summed E-state index contributed by atoms with van der Waals surface area (Å²) in [6.07, 6.45) is 1.27. The zero-order chi connectivity index (χ0) is 10.6. The van der Waals surface area contributed by atoms with Gasteiger partial charge in [0.1, 0.15) is 0 Å². The average Bonchev–Trinajstić information content (AvgIpc) is 2.16. The molecule has 0 spiro atoms. The van der Waals surface area contributed by atoms with E-state index < -0.39 is 12.7 Å². The van der Waals surface area contributed by atoms with Gasteiger partial charge >= 0.3 is 6.61 Å². The lowest BCUT2D eigenvalue weighted by Gasteiger charge is -2.32. The molecule has 1 unspecified atom stereocenters. The van der Waals surface area contributed by atoms with Gasteiger partial charge in [-0.2, -0.15) is 8.78 Å². The predicted molar refractivity (Wildman–Crippen MR) is 47.0 cm³/mol. The smallest absolute Gasteiger partial charge is 0.340 e. The molecule has 0 aromatic carbocycles. The molecule has 0 bridgehead atoms. The first-order chi connectivity index (χ1) is 6.63. The van der Waals surface area contributed by atoms with Gasteiger partial charge in [0.15, 0.2) is 0 Å². The Labute approximate surface area is 82.0 Å². The number of alkyl halides is 2. The van der Waals surface area contributed by atoms with Crippen molar-refractivity contribution < 1.29 is 18.3 Å². The lowest BCUT2D eigenvalue weighted by molar-refractivity contribution is -0.177. The molecule has 82 valence electrons. The van der Waals surface area contributed by atoms with Gasteiger partial charge in [0, 0.05) is 19.5 Å². The Morgan fingerprint density at radius 2 is 2.36 bits per heavy atom. The number of piperidine rings is 1. The van der Waals surface area contributed by atoms with Crippen LogP contribution in [0, 0.1) is 0 Å². The van der Waals surface area contributed by atoms with Crippen LogP contribution >= 0.6 is 0 Å². The molecular weight excluding hydrogens is 192 g/mol. The molecule has 5 heteroatoms. The topological polar surface area (TPSA) is 29.5 Å². The fourth-order valence-electron chi connectivity index (χ4n) is 1.64. The minimum absolute atomic E-state index is 0.00701. The van der Waals surface area contributed by atoms with Crippen LogP contribution in [0.5, 0.6) is 0 Å². The number of nitrogens with zero attached hydrogens (tertiary/aromatic N) is 1. The van der Waals surface area contributed by atoms with Crippen molar-refractivity contribution >= 4 is 5.91 Å². The summed E-state index contributed by atoms with van der Waals surface area (Å²) in [6.45, 7) is -0.0103. The third kappa shape index (κ3) is 3.21. The first-order valence-electron chi connectivity index (χ1n) is 4.85. The van der Waals surface area contributed by atoms with Crippen molar-refractivity contribution in [2.24, 2.45) is 0 Å². The molecule has 0 aromatic heterocycles. The molecule has 1 atom stereocenters. The summed E-state index contributed by atoms with van der Waals surface area (Å²) in [4.78, 5) is 12.9. The number of hydrogen-bond donors (Lipinski definition) is 0. The van der Waals surface area contributed by atoms with Crippen LogP contribution in [0.15, 0.2) is 0 Å². The molecule has 0 aromatic rings. The SMILES string of the molecule is CCC(=O)N1CCCC(OC(F)F)C1. The Hall–Kier alpha value is -0.710. The molecule has 1 fully saturated rings. The Balaban J connectivity index is 2.39. The number of hydrogen-bond acceptors (Lipinski definition) is 2. The minimum atomic E-state index is -2.74. The van der Waals surface area contributed by atoms with Gasteiger partial charge in [-0.15, -0.1) is 0 Å². The Morgan fingerprint density at radius 1 is 1.64 bits per heavy atom. The summed E-state index contributed by atoms with van der Waals surface area (Å²) in [7, 11) is 0. The molecule has 0 saturated carbocycles. The highest BCUT2D eigenvalue weighted by atomic mass is 19.3. The number of carbonyl (C=O) groups excluding carboxylic acids is 1. The van der Waals surface area contributed by atoms with Crippen LogP contribution in [0.4, 0.5) is 8.78 Å². The molecule has 1 heterocycles. The summed E-state index contributed by atoms with van der Waals surface area (Å²) in [6, 6.07) is 0. The van der Waals surface area contributed by atoms with Crippen LogP contribution in [0.2, 0.25) is 0 Å². The van der Waals surface area contributed by atoms with Crippen LogP contribution in [0.25, 0.3) is 0 Å². The van der Waals surface area contributed by atoms with Gasteiger partial charge in [0.2, 0.25) is 5.91 Å². The maximum absolute atomic E-state index is 11.9. The van der Waals surface area contributed by atoms with Crippen molar-refractivity contribution in [2.75, 3.05) is 13.1 Å². The van der Waals surface area contributed by atoms with Crippen LogP contribution in [-0.2, 0) is 9.53 Å². The van der Waals surface area contributed by atoms with E-state index in [-0.39, 0.29) is 5.91 Å². The summed E-state index contributed by atoms with van der Waals surface area (Å²) in [5.41, 5.74) is 0. The highest BCUT2D eigenvalue weighted by Crippen LogP contribution is 2.16. The molecule has 1 rings (SSSR count). The minimum Gasteiger partial charge on any atom is -0.340 e. The Morgan fingerprint density at radius 3 is 2.93 bits per heavy atom. The third-order valence-corrected chi connectivity index (χ3v) is 2.33. The average molecular weight is 207 g/mol. The van der Waals surface area contributed by atoms with E-state index in [1.165, 1.54) is 0 Å². The van der Waals surface area contributed by atoms with E-state index >= 15 is 0 Å². The Kier molecular flexibility index (Phi) is 4.25. The molecule has 1 amide bonds. The maximum Gasteiger partial charge on any atom is 0.345 e. The van der Waals surface area contributed by atoms with E-state index in [1.54, 1.807) is 11.8 Å². The zero-order valence-electron chi connectivity index (χ0n) is 8.21. The summed E-state index contributed by atoms with van der Waals surface area (Å²) >= 11 is 0. The fraction of sp³-hybridized carbons (Fsp3) is 0.889. The summed E-state index contributed by atoms with van der Waals surface area (Å²) in [5, 5.41) is 0. The van der Waals surface area contributed by atoms with Crippen molar-refractivity contribution in [3.8, 4) is 0 Å². The van der Waals surface area contributed by atoms with Gasteiger partial charge < -0.3 is 9.64 Å². The van der Waals surface area contributed by atoms with Gasteiger partial charge in [-0.05, 0) is 12.8 Å². The number of likely N-dealkylation sites (tertiary alicyclic amines) is 1. The van der Waals surface area contributed by atoms with Gasteiger partial charge in [0.05, 0.1) is 6.10 Å². The molecule has 0 aliphatic carbocycles. The van der Waals surface area contributed by atoms with Crippen molar-refractivity contribution in [1.29, 1.82) is 0 Å². The van der Waals surface area contributed by atoms with Crippen LogP contribution in [0.1, 0.15) is 26.2 Å². The third-order valence-electron chi connectivity index (χ3n) is 2.33. The van der Waals surface area contributed by atoms with Gasteiger partial charge in [-0.3, -0.25) is 4.79 Å². The molecule has 3 nitrogen and oxygen atoms in total. The first kappa shape index (κ1) is 11.4. The molecule has 1 aliphatic rings. The van der Waals surface area contributed by atoms with Crippen LogP contribution < -0.4 is 0 Å². The van der Waals surface area contributed by atoms with Crippen molar-refractivity contribution in [1.82, 2.24) is 4.90 Å². The second kappa shape index (κ2) is 5.24. The Bertz CT molecular complexity index is 199. The van der Waals surface area contributed by atoms with Crippen LogP contribution in [0.3, 0.4) is 0 Å². The first-order valence-corrected chi connectivity index (χ1v) is 4.85. The number of rotatable bonds is 3. The molecule has 0 N–H and O–H groups in total. The quantitative estimate of drug-likeness (QED) is 0.703. The van der Waals surface area contributed by atoms with Crippen molar-refractivity contribution in [3.05, 3.63) is 0 Å². The number of ether oxygens (including phenoxy) is 1. The second-order valence-electron chi connectivity index (χ2n) is 3.35. The lowest BCUT2D eigenvalue weighted by atomic mass is 10.1. The van der Waals surface area contributed by atoms with Gasteiger partial charge in [0.25, 0.3) is 0 Å². The lowest BCUT2D eigenvalue weighted by Crippen LogP contribution is -2.43. The number of amides is 1. The highest BCUT2D eigenvalue weighted by Gasteiger charge is 2.25. The standard InChI is InChI=1S/C9H15F2NO2/c1-2-8(13)12-5-3-4-7(6-12)14-9(10)11/h7,9H,2-6H2,1H3.